The molecule has 0 radical (unpaired) electrons. The Hall–Kier alpha value is -1.14. The van der Waals surface area contributed by atoms with Crippen molar-refractivity contribution in [2.45, 2.75) is 44.9 Å². The summed E-state index contributed by atoms with van der Waals surface area (Å²) in [4.78, 5) is 8.72. The van der Waals surface area contributed by atoms with Gasteiger partial charge in [-0.25, -0.2) is 9.50 Å². The fourth-order valence-electron chi connectivity index (χ4n) is 1.60. The summed E-state index contributed by atoms with van der Waals surface area (Å²) in [6.45, 7) is 7.55. The third-order valence-corrected chi connectivity index (χ3v) is 3.38. The Kier molecular flexibility index (Phi) is 3.59. The van der Waals surface area contributed by atoms with E-state index >= 15 is 0 Å². The second-order valence-corrected chi connectivity index (χ2v) is 6.12. The molecule has 0 aliphatic rings. The Balaban J connectivity index is 2.13. The van der Waals surface area contributed by atoms with E-state index < -0.39 is 5.60 Å². The lowest BCUT2D eigenvalue weighted by atomic mass is 10.1. The van der Waals surface area contributed by atoms with E-state index in [1.165, 1.54) is 0 Å². The second kappa shape index (κ2) is 4.85. The molecular formula is C12H18N4OS. The maximum absolute atomic E-state index is 9.64. The van der Waals surface area contributed by atoms with Crippen LogP contribution in [-0.2, 0) is 0 Å². The largest absolute Gasteiger partial charge is 0.390 e. The number of rotatable bonds is 4. The molecule has 0 unspecified atom stereocenters. The molecule has 0 saturated carbocycles. The first-order chi connectivity index (χ1) is 8.35. The van der Waals surface area contributed by atoms with Crippen molar-refractivity contribution in [1.29, 1.82) is 0 Å². The number of hydrogen-bond donors (Lipinski definition) is 1. The average Bonchev–Trinajstić information content (AvgIpc) is 2.58. The highest BCUT2D eigenvalue weighted by Crippen LogP contribution is 2.19. The molecule has 0 aliphatic carbocycles. The highest BCUT2D eigenvalue weighted by Gasteiger charge is 2.13. The molecule has 2 rings (SSSR count). The van der Waals surface area contributed by atoms with Gasteiger partial charge in [0.25, 0.3) is 5.78 Å². The monoisotopic (exact) mass is 266 g/mol. The van der Waals surface area contributed by atoms with Crippen LogP contribution in [0.1, 0.15) is 31.7 Å². The van der Waals surface area contributed by atoms with Crippen LogP contribution in [0.3, 0.4) is 0 Å². The standard InChI is InChI=1S/C12H18N4OS/c1-8-7-9(2)16-10(13-8)14-11(15-16)18-6-5-12(3,4)17/h7,17H,5-6H2,1-4H3. The van der Waals surface area contributed by atoms with Crippen molar-refractivity contribution in [3.8, 4) is 0 Å². The minimum Gasteiger partial charge on any atom is -0.390 e. The lowest BCUT2D eigenvalue weighted by Gasteiger charge is -2.15. The summed E-state index contributed by atoms with van der Waals surface area (Å²) < 4.78 is 1.75. The highest BCUT2D eigenvalue weighted by molar-refractivity contribution is 7.99. The van der Waals surface area contributed by atoms with Crippen molar-refractivity contribution >= 4 is 17.5 Å². The SMILES string of the molecule is Cc1cc(C)n2nc(SCCC(C)(C)O)nc2n1. The summed E-state index contributed by atoms with van der Waals surface area (Å²) in [6, 6.07) is 1.98. The number of fused-ring (bicyclic) bond motifs is 1. The van der Waals surface area contributed by atoms with Gasteiger partial charge in [-0.3, -0.25) is 0 Å². The van der Waals surface area contributed by atoms with Crippen molar-refractivity contribution in [3.63, 3.8) is 0 Å². The molecule has 0 bridgehead atoms. The van der Waals surface area contributed by atoms with Crippen LogP contribution in [0.2, 0.25) is 0 Å². The molecule has 0 fully saturated rings. The zero-order valence-electron chi connectivity index (χ0n) is 11.1. The first kappa shape index (κ1) is 13.3. The molecule has 2 heterocycles. The molecule has 0 spiro atoms. The van der Waals surface area contributed by atoms with E-state index in [0.29, 0.717) is 17.4 Å². The van der Waals surface area contributed by atoms with Crippen LogP contribution in [0.25, 0.3) is 5.78 Å². The van der Waals surface area contributed by atoms with Crippen molar-refractivity contribution in [3.05, 3.63) is 17.5 Å². The van der Waals surface area contributed by atoms with Crippen LogP contribution < -0.4 is 0 Å². The molecule has 0 amide bonds. The van der Waals surface area contributed by atoms with Crippen LogP contribution in [0.4, 0.5) is 0 Å². The summed E-state index contributed by atoms with van der Waals surface area (Å²) in [5.41, 5.74) is 1.33. The van der Waals surface area contributed by atoms with E-state index in [-0.39, 0.29) is 0 Å². The molecule has 5 nitrogen and oxygen atoms in total. The van der Waals surface area contributed by atoms with E-state index in [9.17, 15) is 5.11 Å². The van der Waals surface area contributed by atoms with Gasteiger partial charge in [0.05, 0.1) is 5.60 Å². The average molecular weight is 266 g/mol. The lowest BCUT2D eigenvalue weighted by molar-refractivity contribution is 0.0777. The van der Waals surface area contributed by atoms with Crippen LogP contribution in [0.15, 0.2) is 11.2 Å². The molecule has 98 valence electrons. The number of hydrogen-bond acceptors (Lipinski definition) is 5. The fraction of sp³-hybridized carbons (Fsp3) is 0.583. The van der Waals surface area contributed by atoms with Crippen molar-refractivity contribution in [1.82, 2.24) is 19.6 Å². The summed E-state index contributed by atoms with van der Waals surface area (Å²) in [5.74, 6) is 1.43. The van der Waals surface area contributed by atoms with Gasteiger partial charge in [0.1, 0.15) is 0 Å². The van der Waals surface area contributed by atoms with Gasteiger partial charge < -0.3 is 5.11 Å². The normalized spacial score (nSPS) is 12.3. The molecule has 0 saturated heterocycles. The Bertz CT molecular complexity index is 559. The van der Waals surface area contributed by atoms with Gasteiger partial charge in [-0.2, -0.15) is 4.98 Å². The van der Waals surface area contributed by atoms with Crippen LogP contribution in [-0.4, -0.2) is 36.0 Å². The Morgan fingerprint density at radius 1 is 1.33 bits per heavy atom. The van der Waals surface area contributed by atoms with Gasteiger partial charge in [0.2, 0.25) is 5.16 Å². The van der Waals surface area contributed by atoms with E-state index in [0.717, 1.165) is 17.1 Å². The maximum Gasteiger partial charge on any atom is 0.253 e. The highest BCUT2D eigenvalue weighted by atomic mass is 32.2. The fourth-order valence-corrected chi connectivity index (χ4v) is 2.67. The Labute approximate surface area is 111 Å². The van der Waals surface area contributed by atoms with Gasteiger partial charge in [-0.05, 0) is 40.2 Å². The number of aryl methyl sites for hydroxylation is 2. The summed E-state index contributed by atoms with van der Waals surface area (Å²) >= 11 is 1.54. The number of thioether (sulfide) groups is 1. The zero-order chi connectivity index (χ0) is 13.3. The number of aromatic nitrogens is 4. The van der Waals surface area contributed by atoms with Crippen LogP contribution >= 0.6 is 11.8 Å². The Morgan fingerprint density at radius 3 is 2.72 bits per heavy atom. The maximum atomic E-state index is 9.64. The van der Waals surface area contributed by atoms with E-state index in [2.05, 4.69) is 15.1 Å². The van der Waals surface area contributed by atoms with Gasteiger partial charge in [-0.1, -0.05) is 11.8 Å². The van der Waals surface area contributed by atoms with Crippen LogP contribution in [0, 0.1) is 13.8 Å². The molecule has 2 aromatic heterocycles. The van der Waals surface area contributed by atoms with E-state index in [1.807, 2.05) is 19.9 Å². The molecule has 6 heteroatoms. The quantitative estimate of drug-likeness (QED) is 0.857. The predicted molar refractivity (Wildman–Crippen MR) is 71.9 cm³/mol. The molecule has 0 aliphatic heterocycles. The second-order valence-electron chi connectivity index (χ2n) is 5.06. The zero-order valence-corrected chi connectivity index (χ0v) is 12.0. The topological polar surface area (TPSA) is 63.3 Å². The smallest absolute Gasteiger partial charge is 0.253 e. The first-order valence-corrected chi connectivity index (χ1v) is 6.90. The van der Waals surface area contributed by atoms with Crippen LogP contribution in [0.5, 0.6) is 0 Å². The number of nitrogens with zero attached hydrogens (tertiary/aromatic N) is 4. The van der Waals surface area contributed by atoms with Crippen molar-refractivity contribution in [2.24, 2.45) is 0 Å². The molecular weight excluding hydrogens is 248 g/mol. The Morgan fingerprint density at radius 2 is 2.06 bits per heavy atom. The summed E-state index contributed by atoms with van der Waals surface area (Å²) in [5, 5.41) is 14.8. The molecule has 18 heavy (non-hydrogen) atoms. The molecule has 1 N–H and O–H groups in total. The van der Waals surface area contributed by atoms with E-state index in [4.69, 9.17) is 0 Å². The van der Waals surface area contributed by atoms with Crippen molar-refractivity contribution in [2.75, 3.05) is 5.75 Å². The molecule has 0 aromatic carbocycles. The minimum absolute atomic E-state index is 0.637. The van der Waals surface area contributed by atoms with Gasteiger partial charge in [0.15, 0.2) is 0 Å². The third kappa shape index (κ3) is 3.20. The summed E-state index contributed by atoms with van der Waals surface area (Å²) in [7, 11) is 0. The van der Waals surface area contributed by atoms with Crippen molar-refractivity contribution < 1.29 is 5.11 Å². The van der Waals surface area contributed by atoms with Gasteiger partial charge in [-0.15, -0.1) is 5.10 Å². The number of aliphatic hydroxyl groups is 1. The first-order valence-electron chi connectivity index (χ1n) is 5.91. The van der Waals surface area contributed by atoms with E-state index in [1.54, 1.807) is 30.1 Å². The van der Waals surface area contributed by atoms with Gasteiger partial charge >= 0.3 is 0 Å². The third-order valence-electron chi connectivity index (χ3n) is 2.54. The molecule has 2 aromatic rings. The summed E-state index contributed by atoms with van der Waals surface area (Å²) in [6.07, 6.45) is 0.707. The predicted octanol–water partition coefficient (Wildman–Crippen LogP) is 1.99. The molecule has 0 atom stereocenters. The minimum atomic E-state index is -0.642. The van der Waals surface area contributed by atoms with Gasteiger partial charge in [0, 0.05) is 17.1 Å². The lowest BCUT2D eigenvalue weighted by Crippen LogP contribution is -2.19.